The van der Waals surface area contributed by atoms with Gasteiger partial charge in [0.15, 0.2) is 5.96 Å². The maximum Gasteiger partial charge on any atom is 0.416 e. The van der Waals surface area contributed by atoms with E-state index in [4.69, 9.17) is 5.41 Å². The van der Waals surface area contributed by atoms with Gasteiger partial charge in [0.25, 0.3) is 5.91 Å². The van der Waals surface area contributed by atoms with Gasteiger partial charge in [-0.2, -0.15) is 13.2 Å². The maximum atomic E-state index is 12.8. The minimum absolute atomic E-state index is 0.0388. The summed E-state index contributed by atoms with van der Waals surface area (Å²) in [5.41, 5.74) is -0.0338. The van der Waals surface area contributed by atoms with Gasteiger partial charge < -0.3 is 16.0 Å². The molecule has 1 heterocycles. The van der Waals surface area contributed by atoms with Crippen molar-refractivity contribution in [2.24, 2.45) is 0 Å². The Hall–Kier alpha value is -3.56. The molecule has 0 aliphatic carbocycles. The van der Waals surface area contributed by atoms with Crippen LogP contribution in [-0.2, 0) is 24.1 Å². The largest absolute Gasteiger partial charge is 0.416 e. The molecule has 7 nitrogen and oxygen atoms in total. The Morgan fingerprint density at radius 1 is 1.13 bits per heavy atom. The molecule has 1 saturated heterocycles. The van der Waals surface area contributed by atoms with Gasteiger partial charge in [-0.15, -0.1) is 0 Å². The van der Waals surface area contributed by atoms with Gasteiger partial charge >= 0.3 is 12.2 Å². The first-order chi connectivity index (χ1) is 14.5. The third-order valence-electron chi connectivity index (χ3n) is 4.75. The quantitative estimate of drug-likeness (QED) is 0.579. The van der Waals surface area contributed by atoms with Gasteiger partial charge in [-0.3, -0.25) is 15.1 Å². The lowest BCUT2D eigenvalue weighted by Gasteiger charge is -2.17. The van der Waals surface area contributed by atoms with E-state index < -0.39 is 23.3 Å². The van der Waals surface area contributed by atoms with Crippen molar-refractivity contribution < 1.29 is 22.8 Å². The zero-order chi connectivity index (χ0) is 22.8. The third kappa shape index (κ3) is 5.33. The van der Waals surface area contributed by atoms with E-state index in [1.807, 2.05) is 0 Å². The van der Waals surface area contributed by atoms with Gasteiger partial charge in [0.1, 0.15) is 5.54 Å². The maximum absolute atomic E-state index is 12.8. The minimum atomic E-state index is -4.49. The van der Waals surface area contributed by atoms with Gasteiger partial charge in [0, 0.05) is 12.2 Å². The van der Waals surface area contributed by atoms with E-state index in [0.717, 1.165) is 23.3 Å². The van der Waals surface area contributed by atoms with Crippen LogP contribution in [0.2, 0.25) is 0 Å². The van der Waals surface area contributed by atoms with Crippen molar-refractivity contribution in [3.63, 3.8) is 0 Å². The summed E-state index contributed by atoms with van der Waals surface area (Å²) in [6.45, 7) is 3.84. The van der Waals surface area contributed by atoms with E-state index in [2.05, 4.69) is 16.0 Å². The number of rotatable bonds is 5. The van der Waals surface area contributed by atoms with E-state index in [1.165, 1.54) is 17.0 Å². The smallest absolute Gasteiger partial charge is 0.342 e. The molecule has 0 radical (unpaired) electrons. The molecule has 0 saturated carbocycles. The molecule has 0 spiro atoms. The molecule has 31 heavy (non-hydrogen) atoms. The molecule has 0 atom stereocenters. The Kier molecular flexibility index (Phi) is 5.92. The fourth-order valence-electron chi connectivity index (χ4n) is 3.08. The summed E-state index contributed by atoms with van der Waals surface area (Å²) in [7, 11) is 0. The molecular formula is C21H22F3N5O2. The molecule has 0 aromatic heterocycles. The van der Waals surface area contributed by atoms with E-state index in [-0.39, 0.29) is 30.6 Å². The van der Waals surface area contributed by atoms with Crippen LogP contribution in [0.4, 0.5) is 23.7 Å². The van der Waals surface area contributed by atoms with Crippen LogP contribution < -0.4 is 16.0 Å². The van der Waals surface area contributed by atoms with Crippen LogP contribution in [0, 0.1) is 5.41 Å². The SMILES string of the molecule is CC1(C)NC(=N)N(Cc2ccc(CNC(=O)Nc3cccc(C(F)(F)F)c3)cc2)C1=O. The number of guanidine groups is 1. The number of amides is 3. The van der Waals surface area contributed by atoms with Gasteiger partial charge in [-0.05, 0) is 43.2 Å². The molecule has 0 unspecified atom stereocenters. The number of benzene rings is 2. The summed E-state index contributed by atoms with van der Waals surface area (Å²) in [6, 6.07) is 10.9. The van der Waals surface area contributed by atoms with Crippen LogP contribution >= 0.6 is 0 Å². The fourth-order valence-corrected chi connectivity index (χ4v) is 3.08. The van der Waals surface area contributed by atoms with Crippen LogP contribution in [0.1, 0.15) is 30.5 Å². The molecule has 0 bridgehead atoms. The highest BCUT2D eigenvalue weighted by Gasteiger charge is 2.41. The molecule has 3 rings (SSSR count). The first-order valence-corrected chi connectivity index (χ1v) is 9.44. The molecule has 164 valence electrons. The summed E-state index contributed by atoms with van der Waals surface area (Å²) in [5.74, 6) is -0.137. The van der Waals surface area contributed by atoms with E-state index in [1.54, 1.807) is 38.1 Å². The first-order valence-electron chi connectivity index (χ1n) is 9.44. The Labute approximate surface area is 177 Å². The molecule has 1 aliphatic rings. The Morgan fingerprint density at radius 3 is 2.35 bits per heavy atom. The van der Waals surface area contributed by atoms with Crippen molar-refractivity contribution in [3.05, 3.63) is 65.2 Å². The Morgan fingerprint density at radius 2 is 1.77 bits per heavy atom. The number of carbonyl (C=O) groups excluding carboxylic acids is 2. The molecule has 2 aromatic carbocycles. The van der Waals surface area contributed by atoms with E-state index in [0.29, 0.717) is 0 Å². The highest BCUT2D eigenvalue weighted by molar-refractivity contribution is 6.07. The third-order valence-corrected chi connectivity index (χ3v) is 4.75. The van der Waals surface area contributed by atoms with Crippen LogP contribution in [0.25, 0.3) is 0 Å². The number of anilines is 1. The lowest BCUT2D eigenvalue weighted by Crippen LogP contribution is -2.40. The molecule has 10 heteroatoms. The standard InChI is InChI=1S/C21H22F3N5O2/c1-20(2)17(30)29(18(25)28-20)12-14-8-6-13(7-9-14)11-26-19(31)27-16-5-3-4-15(10-16)21(22,23)24/h3-10H,11-12H2,1-2H3,(H2,25,28)(H2,26,27,31). The van der Waals surface area contributed by atoms with Crippen molar-refractivity contribution in [3.8, 4) is 0 Å². The second-order valence-electron chi connectivity index (χ2n) is 7.69. The predicted octanol–water partition coefficient (Wildman–Crippen LogP) is 3.67. The average Bonchev–Trinajstić information content (AvgIpc) is 2.88. The fraction of sp³-hybridized carbons (Fsp3) is 0.286. The number of nitrogens with zero attached hydrogens (tertiary/aromatic N) is 1. The van der Waals surface area contributed by atoms with Gasteiger partial charge in [0.05, 0.1) is 12.1 Å². The zero-order valence-electron chi connectivity index (χ0n) is 16.9. The molecule has 2 aromatic rings. The van der Waals surface area contributed by atoms with Gasteiger partial charge in [0.2, 0.25) is 0 Å². The number of urea groups is 1. The highest BCUT2D eigenvalue weighted by atomic mass is 19.4. The molecule has 1 fully saturated rings. The second-order valence-corrected chi connectivity index (χ2v) is 7.69. The lowest BCUT2D eigenvalue weighted by molar-refractivity contribution is -0.137. The van der Waals surface area contributed by atoms with Crippen molar-refractivity contribution >= 4 is 23.6 Å². The van der Waals surface area contributed by atoms with Crippen molar-refractivity contribution in [1.82, 2.24) is 15.5 Å². The number of carbonyl (C=O) groups is 2. The number of nitrogens with one attached hydrogen (secondary N) is 4. The van der Waals surface area contributed by atoms with Gasteiger partial charge in [-0.1, -0.05) is 30.3 Å². The second kappa shape index (κ2) is 8.29. The molecule has 3 amide bonds. The molecule has 1 aliphatic heterocycles. The topological polar surface area (TPSA) is 97.3 Å². The van der Waals surface area contributed by atoms with Crippen molar-refractivity contribution in [1.29, 1.82) is 5.41 Å². The summed E-state index contributed by atoms with van der Waals surface area (Å²) in [6.07, 6.45) is -4.49. The zero-order valence-corrected chi connectivity index (χ0v) is 16.9. The average molecular weight is 433 g/mol. The Bertz CT molecular complexity index is 1000. The Balaban J connectivity index is 1.53. The monoisotopic (exact) mass is 433 g/mol. The van der Waals surface area contributed by atoms with Crippen molar-refractivity contribution in [2.45, 2.75) is 38.7 Å². The lowest BCUT2D eigenvalue weighted by atomic mass is 10.1. The van der Waals surface area contributed by atoms with Crippen LogP contribution in [0.3, 0.4) is 0 Å². The minimum Gasteiger partial charge on any atom is -0.342 e. The summed E-state index contributed by atoms with van der Waals surface area (Å²) in [4.78, 5) is 25.7. The first kappa shape index (κ1) is 22.1. The van der Waals surface area contributed by atoms with Gasteiger partial charge in [-0.25, -0.2) is 4.79 Å². The predicted molar refractivity (Wildman–Crippen MR) is 109 cm³/mol. The van der Waals surface area contributed by atoms with Crippen molar-refractivity contribution in [2.75, 3.05) is 5.32 Å². The van der Waals surface area contributed by atoms with Crippen LogP contribution in [-0.4, -0.2) is 28.3 Å². The van der Waals surface area contributed by atoms with Crippen LogP contribution in [0.5, 0.6) is 0 Å². The normalized spacial score (nSPS) is 15.6. The van der Waals surface area contributed by atoms with E-state index in [9.17, 15) is 22.8 Å². The summed E-state index contributed by atoms with van der Waals surface area (Å²) < 4.78 is 38.3. The molecular weight excluding hydrogens is 411 g/mol. The summed E-state index contributed by atoms with van der Waals surface area (Å²) >= 11 is 0. The number of hydrogen-bond donors (Lipinski definition) is 4. The number of halogens is 3. The number of alkyl halides is 3. The number of hydrogen-bond acceptors (Lipinski definition) is 3. The highest BCUT2D eigenvalue weighted by Crippen LogP contribution is 2.30. The van der Waals surface area contributed by atoms with Crippen LogP contribution in [0.15, 0.2) is 48.5 Å². The molecule has 4 N–H and O–H groups in total. The summed E-state index contributed by atoms with van der Waals surface area (Å²) in [5, 5.41) is 15.7. The van der Waals surface area contributed by atoms with E-state index >= 15 is 0 Å².